The second-order valence-corrected chi connectivity index (χ2v) is 5.06. The fourth-order valence-corrected chi connectivity index (χ4v) is 2.73. The van der Waals surface area contributed by atoms with Gasteiger partial charge in [0.25, 0.3) is 0 Å². The number of likely N-dealkylation sites (tertiary alicyclic amines) is 1. The molecule has 1 fully saturated rings. The summed E-state index contributed by atoms with van der Waals surface area (Å²) in [6, 6.07) is 6.82. The molecule has 1 atom stereocenters. The van der Waals surface area contributed by atoms with Crippen molar-refractivity contribution in [3.8, 4) is 0 Å². The molecule has 108 valence electrons. The molecule has 1 aromatic rings. The zero-order chi connectivity index (χ0) is 14.5. The molecule has 1 aliphatic heterocycles. The number of carbonyl (C=O) groups is 2. The van der Waals surface area contributed by atoms with E-state index in [1.165, 1.54) is 0 Å². The second-order valence-electron chi connectivity index (χ2n) is 5.06. The van der Waals surface area contributed by atoms with Crippen LogP contribution in [0.15, 0.2) is 24.3 Å². The first-order valence-corrected chi connectivity index (χ1v) is 6.90. The Hall–Kier alpha value is -1.88. The van der Waals surface area contributed by atoms with E-state index >= 15 is 0 Å². The molecule has 5 heteroatoms. The summed E-state index contributed by atoms with van der Waals surface area (Å²) < 4.78 is 0. The van der Waals surface area contributed by atoms with E-state index < -0.39 is 5.97 Å². The molecule has 0 bridgehead atoms. The first-order valence-electron chi connectivity index (χ1n) is 6.90. The molecule has 2 N–H and O–H groups in total. The normalized spacial score (nSPS) is 19.6. The van der Waals surface area contributed by atoms with Crippen LogP contribution in [0, 0.1) is 0 Å². The number of aromatic carboxylic acids is 1. The van der Waals surface area contributed by atoms with Crippen LogP contribution in [0.5, 0.6) is 0 Å². The monoisotopic (exact) mass is 276 g/mol. The van der Waals surface area contributed by atoms with Crippen molar-refractivity contribution >= 4 is 11.9 Å². The third-order valence-electron chi connectivity index (χ3n) is 3.78. The predicted molar refractivity (Wildman–Crippen MR) is 75.5 cm³/mol. The molecule has 20 heavy (non-hydrogen) atoms. The van der Waals surface area contributed by atoms with Gasteiger partial charge in [0.05, 0.1) is 11.6 Å². The van der Waals surface area contributed by atoms with Crippen molar-refractivity contribution in [3.05, 3.63) is 35.4 Å². The largest absolute Gasteiger partial charge is 0.478 e. The number of nitrogens with one attached hydrogen (secondary N) is 1. The lowest BCUT2D eigenvalue weighted by Crippen LogP contribution is -2.48. The van der Waals surface area contributed by atoms with Crippen molar-refractivity contribution in [2.45, 2.75) is 31.8 Å². The lowest BCUT2D eigenvalue weighted by Gasteiger charge is -2.34. The fourth-order valence-electron chi connectivity index (χ4n) is 2.73. The number of hydrogen-bond donors (Lipinski definition) is 2. The highest BCUT2D eigenvalue weighted by atomic mass is 16.4. The van der Waals surface area contributed by atoms with Crippen LogP contribution in [0.3, 0.4) is 0 Å². The van der Waals surface area contributed by atoms with Crippen LogP contribution in [0.25, 0.3) is 0 Å². The van der Waals surface area contributed by atoms with Gasteiger partial charge >= 0.3 is 5.97 Å². The van der Waals surface area contributed by atoms with E-state index in [4.69, 9.17) is 0 Å². The summed E-state index contributed by atoms with van der Waals surface area (Å²) in [5.41, 5.74) is 1.07. The van der Waals surface area contributed by atoms with Crippen LogP contribution >= 0.6 is 0 Å². The zero-order valence-corrected chi connectivity index (χ0v) is 11.6. The average Bonchev–Trinajstić information content (AvgIpc) is 2.47. The summed E-state index contributed by atoms with van der Waals surface area (Å²) in [5.74, 6) is -0.911. The summed E-state index contributed by atoms with van der Waals surface area (Å²) in [4.78, 5) is 25.2. The van der Waals surface area contributed by atoms with Gasteiger partial charge in [0.1, 0.15) is 0 Å². The Kier molecular flexibility index (Phi) is 4.74. The molecule has 2 rings (SSSR count). The van der Waals surface area contributed by atoms with Gasteiger partial charge < -0.3 is 10.4 Å². The number of rotatable bonds is 4. The molecule has 1 saturated heterocycles. The Balaban J connectivity index is 2.19. The van der Waals surface area contributed by atoms with E-state index in [0.29, 0.717) is 12.1 Å². The number of benzene rings is 1. The summed E-state index contributed by atoms with van der Waals surface area (Å²) in [7, 11) is 1.64. The Bertz CT molecular complexity index is 502. The minimum absolute atomic E-state index is 0.0116. The molecule has 1 aliphatic rings. The van der Waals surface area contributed by atoms with E-state index in [2.05, 4.69) is 10.2 Å². The van der Waals surface area contributed by atoms with E-state index in [-0.39, 0.29) is 11.9 Å². The summed E-state index contributed by atoms with van der Waals surface area (Å²) in [6.07, 6.45) is 2.91. The van der Waals surface area contributed by atoms with Crippen molar-refractivity contribution in [1.29, 1.82) is 0 Å². The van der Waals surface area contributed by atoms with Crippen molar-refractivity contribution in [3.63, 3.8) is 0 Å². The number of piperidine rings is 1. The number of nitrogens with zero attached hydrogens (tertiary/aromatic N) is 1. The average molecular weight is 276 g/mol. The first kappa shape index (κ1) is 14.5. The van der Waals surface area contributed by atoms with Crippen LogP contribution < -0.4 is 5.32 Å². The molecule has 1 amide bonds. The van der Waals surface area contributed by atoms with Gasteiger partial charge in [-0.1, -0.05) is 24.6 Å². The second kappa shape index (κ2) is 6.52. The van der Waals surface area contributed by atoms with Crippen LogP contribution in [0.1, 0.15) is 35.2 Å². The Morgan fingerprint density at radius 3 is 2.80 bits per heavy atom. The molecule has 0 aliphatic carbocycles. The molecule has 5 nitrogen and oxygen atoms in total. The summed E-state index contributed by atoms with van der Waals surface area (Å²) in [5, 5.41) is 11.9. The van der Waals surface area contributed by atoms with E-state index in [1.807, 2.05) is 12.1 Å². The highest BCUT2D eigenvalue weighted by Gasteiger charge is 2.28. The maximum Gasteiger partial charge on any atom is 0.336 e. The van der Waals surface area contributed by atoms with Gasteiger partial charge in [-0.3, -0.25) is 9.69 Å². The highest BCUT2D eigenvalue weighted by Crippen LogP contribution is 2.21. The molecule has 1 aromatic carbocycles. The topological polar surface area (TPSA) is 69.6 Å². The van der Waals surface area contributed by atoms with Crippen molar-refractivity contribution in [1.82, 2.24) is 10.2 Å². The van der Waals surface area contributed by atoms with Crippen LogP contribution in [0.2, 0.25) is 0 Å². The minimum atomic E-state index is -0.922. The summed E-state index contributed by atoms with van der Waals surface area (Å²) in [6.45, 7) is 1.33. The lowest BCUT2D eigenvalue weighted by atomic mass is 9.99. The fraction of sp³-hybridized carbons (Fsp3) is 0.467. The minimum Gasteiger partial charge on any atom is -0.478 e. The van der Waals surface area contributed by atoms with E-state index in [0.717, 1.165) is 31.4 Å². The van der Waals surface area contributed by atoms with Crippen LogP contribution in [0.4, 0.5) is 0 Å². The molecular formula is C15H20N2O3. The molecule has 0 saturated carbocycles. The number of carboxylic acids is 1. The maximum absolute atomic E-state index is 11.9. The van der Waals surface area contributed by atoms with Crippen molar-refractivity contribution < 1.29 is 14.7 Å². The van der Waals surface area contributed by atoms with Crippen LogP contribution in [-0.4, -0.2) is 41.5 Å². The number of amides is 1. The first-order chi connectivity index (χ1) is 9.63. The molecule has 0 aromatic heterocycles. The number of carbonyl (C=O) groups excluding carboxylic acids is 1. The van der Waals surface area contributed by atoms with Gasteiger partial charge in [0.15, 0.2) is 0 Å². The van der Waals surface area contributed by atoms with E-state index in [9.17, 15) is 14.7 Å². The van der Waals surface area contributed by atoms with Gasteiger partial charge in [-0.15, -0.1) is 0 Å². The molecule has 1 unspecified atom stereocenters. The smallest absolute Gasteiger partial charge is 0.336 e. The number of carboxylic acid groups (broad SMARTS) is 1. The molecular weight excluding hydrogens is 256 g/mol. The molecule has 0 radical (unpaired) electrons. The SMILES string of the molecule is CNC(=O)C1CCCCN1Cc1ccccc1C(=O)O. The number of likely N-dealkylation sites (N-methyl/N-ethyl adjacent to an activating group) is 1. The Morgan fingerprint density at radius 1 is 1.35 bits per heavy atom. The standard InChI is InChI=1S/C15H20N2O3/c1-16-14(18)13-8-4-5-9-17(13)10-11-6-2-3-7-12(11)15(19)20/h2-3,6-7,13H,4-5,8-10H2,1H3,(H,16,18)(H,19,20). The van der Waals surface area contributed by atoms with Crippen molar-refractivity contribution in [2.75, 3.05) is 13.6 Å². The number of hydrogen-bond acceptors (Lipinski definition) is 3. The lowest BCUT2D eigenvalue weighted by molar-refractivity contribution is -0.127. The van der Waals surface area contributed by atoms with Crippen LogP contribution in [-0.2, 0) is 11.3 Å². The highest BCUT2D eigenvalue weighted by molar-refractivity contribution is 5.89. The quantitative estimate of drug-likeness (QED) is 0.874. The van der Waals surface area contributed by atoms with Gasteiger partial charge in [-0.2, -0.15) is 0 Å². The molecule has 0 spiro atoms. The zero-order valence-electron chi connectivity index (χ0n) is 11.6. The van der Waals surface area contributed by atoms with E-state index in [1.54, 1.807) is 19.2 Å². The van der Waals surface area contributed by atoms with Crippen molar-refractivity contribution in [2.24, 2.45) is 0 Å². The Labute approximate surface area is 118 Å². The maximum atomic E-state index is 11.9. The van der Waals surface area contributed by atoms with Gasteiger partial charge in [-0.05, 0) is 31.0 Å². The summed E-state index contributed by atoms with van der Waals surface area (Å²) >= 11 is 0. The molecule has 1 heterocycles. The third kappa shape index (κ3) is 3.17. The van der Waals surface area contributed by atoms with Gasteiger partial charge in [0, 0.05) is 13.6 Å². The predicted octanol–water partition coefficient (Wildman–Crippen LogP) is 1.49. The van der Waals surface area contributed by atoms with Gasteiger partial charge in [0.2, 0.25) is 5.91 Å². The van der Waals surface area contributed by atoms with Gasteiger partial charge in [-0.25, -0.2) is 4.79 Å². The Morgan fingerprint density at radius 2 is 2.10 bits per heavy atom. The third-order valence-corrected chi connectivity index (χ3v) is 3.78.